The number of carbonyl (C=O) groups excluding carboxylic acids is 1. The Morgan fingerprint density at radius 3 is 2.97 bits per heavy atom. The number of nitrogens with zero attached hydrogens (tertiary/aromatic N) is 5. The molecule has 0 saturated carbocycles. The highest BCUT2D eigenvalue weighted by molar-refractivity contribution is 7.16. The maximum Gasteiger partial charge on any atom is 0.224 e. The quantitative estimate of drug-likeness (QED) is 0.466. The fraction of sp³-hybridized carbons (Fsp3) is 0.304. The zero-order valence-corrected chi connectivity index (χ0v) is 18.9. The average Bonchev–Trinajstić information content (AvgIpc) is 3.45. The van der Waals surface area contributed by atoms with Gasteiger partial charge in [0.25, 0.3) is 0 Å². The van der Waals surface area contributed by atoms with Crippen LogP contribution in [-0.2, 0) is 4.79 Å². The molecule has 4 heterocycles. The van der Waals surface area contributed by atoms with Crippen LogP contribution >= 0.6 is 11.3 Å². The normalized spacial score (nSPS) is 14.3. The van der Waals surface area contributed by atoms with Gasteiger partial charge in [-0.2, -0.15) is 0 Å². The summed E-state index contributed by atoms with van der Waals surface area (Å²) >= 11 is 1.62. The first kappa shape index (κ1) is 20.6. The summed E-state index contributed by atoms with van der Waals surface area (Å²) in [5.41, 5.74) is 6.84. The topological polar surface area (TPSA) is 90.0 Å². The molecule has 164 valence electrons. The zero-order chi connectivity index (χ0) is 22.1. The van der Waals surface area contributed by atoms with Crippen molar-refractivity contribution in [3.63, 3.8) is 0 Å². The highest BCUT2D eigenvalue weighted by atomic mass is 32.1. The van der Waals surface area contributed by atoms with Gasteiger partial charge in [-0.1, -0.05) is 6.08 Å². The van der Waals surface area contributed by atoms with Crippen molar-refractivity contribution < 1.29 is 4.79 Å². The van der Waals surface area contributed by atoms with Crippen molar-refractivity contribution in [3.05, 3.63) is 47.9 Å². The van der Waals surface area contributed by atoms with E-state index in [4.69, 9.17) is 0 Å². The van der Waals surface area contributed by atoms with Gasteiger partial charge in [0.05, 0.1) is 21.1 Å². The first-order valence-corrected chi connectivity index (χ1v) is 11.5. The molecule has 0 bridgehead atoms. The number of fused-ring (bicyclic) bond motifs is 2. The van der Waals surface area contributed by atoms with Crippen LogP contribution in [0.1, 0.15) is 18.5 Å². The molecule has 2 N–H and O–H groups in total. The van der Waals surface area contributed by atoms with E-state index in [1.807, 2.05) is 41.5 Å². The summed E-state index contributed by atoms with van der Waals surface area (Å²) in [5, 5.41) is 4.36. The third-order valence-electron chi connectivity index (χ3n) is 5.70. The number of hydrogen-bond donors (Lipinski definition) is 2. The molecule has 0 fully saturated rings. The molecule has 0 saturated heterocycles. The van der Waals surface area contributed by atoms with Gasteiger partial charge in [0.2, 0.25) is 5.91 Å². The summed E-state index contributed by atoms with van der Waals surface area (Å²) in [4.78, 5) is 33.0. The molecule has 1 aliphatic heterocycles. The number of aromatic amines is 1. The predicted octanol–water partition coefficient (Wildman–Crippen LogP) is 3.88. The maximum atomic E-state index is 12.4. The number of aromatic nitrogens is 4. The highest BCUT2D eigenvalue weighted by Crippen LogP contribution is 2.30. The van der Waals surface area contributed by atoms with E-state index in [1.54, 1.807) is 17.7 Å². The van der Waals surface area contributed by atoms with Crippen molar-refractivity contribution in [2.45, 2.75) is 12.8 Å². The second-order valence-electron chi connectivity index (χ2n) is 8.20. The number of benzene rings is 1. The van der Waals surface area contributed by atoms with E-state index in [9.17, 15) is 4.79 Å². The molecule has 1 amide bonds. The Bertz CT molecular complexity index is 1310. The summed E-state index contributed by atoms with van der Waals surface area (Å²) in [6.07, 6.45) is 5.08. The Morgan fingerprint density at radius 1 is 1.25 bits per heavy atom. The van der Waals surface area contributed by atoms with Gasteiger partial charge >= 0.3 is 0 Å². The van der Waals surface area contributed by atoms with Crippen LogP contribution in [0.2, 0.25) is 0 Å². The largest absolute Gasteiger partial charge is 0.340 e. The van der Waals surface area contributed by atoms with Crippen molar-refractivity contribution >= 4 is 55.6 Å². The van der Waals surface area contributed by atoms with Gasteiger partial charge in [-0.25, -0.2) is 15.0 Å². The Balaban J connectivity index is 1.34. The number of amides is 1. The fourth-order valence-corrected chi connectivity index (χ4v) is 4.62. The zero-order valence-electron chi connectivity index (χ0n) is 18.1. The number of anilines is 2. The van der Waals surface area contributed by atoms with E-state index in [-0.39, 0.29) is 5.91 Å². The summed E-state index contributed by atoms with van der Waals surface area (Å²) in [6, 6.07) is 8.20. The Labute approximate surface area is 190 Å². The lowest BCUT2D eigenvalue weighted by atomic mass is 10.0. The van der Waals surface area contributed by atoms with Crippen LogP contribution in [-0.4, -0.2) is 69.4 Å². The van der Waals surface area contributed by atoms with Gasteiger partial charge in [0.1, 0.15) is 17.8 Å². The monoisotopic (exact) mass is 447 g/mol. The van der Waals surface area contributed by atoms with Gasteiger partial charge in [0.15, 0.2) is 0 Å². The average molecular weight is 448 g/mol. The van der Waals surface area contributed by atoms with Gasteiger partial charge in [-0.3, -0.25) is 4.79 Å². The van der Waals surface area contributed by atoms with Gasteiger partial charge in [-0.15, -0.1) is 11.3 Å². The van der Waals surface area contributed by atoms with E-state index < -0.39 is 0 Å². The second kappa shape index (κ2) is 8.68. The van der Waals surface area contributed by atoms with Crippen LogP contribution < -0.4 is 5.32 Å². The SMILES string of the molecule is CN(C)CCC(=O)N1CC=C(c2cc3c(Nc4ccc5ncsc5c4)ncnc3[nH]2)CC1. The predicted molar refractivity (Wildman–Crippen MR) is 129 cm³/mol. The van der Waals surface area contributed by atoms with Crippen LogP contribution in [0.5, 0.6) is 0 Å². The lowest BCUT2D eigenvalue weighted by Gasteiger charge is -2.26. The molecule has 32 heavy (non-hydrogen) atoms. The summed E-state index contributed by atoms with van der Waals surface area (Å²) in [6.45, 7) is 2.15. The lowest BCUT2D eigenvalue weighted by Crippen LogP contribution is -2.36. The van der Waals surface area contributed by atoms with Gasteiger partial charge in [-0.05, 0) is 50.4 Å². The molecule has 1 aromatic carbocycles. The molecule has 0 unspecified atom stereocenters. The van der Waals surface area contributed by atoms with Crippen LogP contribution in [0.3, 0.4) is 0 Å². The Hall–Kier alpha value is -3.30. The molecule has 9 heteroatoms. The first-order chi connectivity index (χ1) is 15.6. The number of rotatable bonds is 6. The van der Waals surface area contributed by atoms with E-state index in [2.05, 4.69) is 43.5 Å². The van der Waals surface area contributed by atoms with Crippen molar-refractivity contribution in [1.82, 2.24) is 29.7 Å². The van der Waals surface area contributed by atoms with Crippen LogP contribution in [0.15, 0.2) is 42.2 Å². The number of hydrogen-bond acceptors (Lipinski definition) is 7. The van der Waals surface area contributed by atoms with Crippen molar-refractivity contribution in [2.24, 2.45) is 0 Å². The molecule has 0 atom stereocenters. The number of nitrogens with one attached hydrogen (secondary N) is 2. The molecule has 0 radical (unpaired) electrons. The van der Waals surface area contributed by atoms with Gasteiger partial charge < -0.3 is 20.1 Å². The summed E-state index contributed by atoms with van der Waals surface area (Å²) in [5.74, 6) is 0.971. The molecule has 1 aliphatic rings. The Kier molecular flexibility index (Phi) is 5.59. The summed E-state index contributed by atoms with van der Waals surface area (Å²) in [7, 11) is 3.97. The number of H-pyrrole nitrogens is 1. The Morgan fingerprint density at radius 2 is 2.16 bits per heavy atom. The molecule has 8 nitrogen and oxygen atoms in total. The maximum absolute atomic E-state index is 12.4. The molecule has 3 aromatic heterocycles. The van der Waals surface area contributed by atoms with Crippen LogP contribution in [0.25, 0.3) is 26.8 Å². The first-order valence-electron chi connectivity index (χ1n) is 10.6. The van der Waals surface area contributed by atoms with E-state index in [1.165, 1.54) is 5.57 Å². The molecular weight excluding hydrogens is 422 g/mol. The van der Waals surface area contributed by atoms with Gasteiger partial charge in [0, 0.05) is 37.4 Å². The number of carbonyl (C=O) groups is 1. The fourth-order valence-electron chi connectivity index (χ4n) is 3.90. The minimum atomic E-state index is 0.209. The van der Waals surface area contributed by atoms with Crippen molar-refractivity contribution in [2.75, 3.05) is 39.0 Å². The molecule has 0 aliphatic carbocycles. The molecule has 0 spiro atoms. The standard InChI is InChI=1S/C23H25N7OS/c1-29(2)8-7-21(31)30-9-5-15(6-10-30)19-12-17-22(24-13-25-23(17)28-19)27-16-3-4-18-20(11-16)32-14-26-18/h3-5,11-14H,6-10H2,1-2H3,(H2,24,25,27,28). The third kappa shape index (κ3) is 4.21. The van der Waals surface area contributed by atoms with Crippen molar-refractivity contribution in [1.29, 1.82) is 0 Å². The minimum absolute atomic E-state index is 0.209. The highest BCUT2D eigenvalue weighted by Gasteiger charge is 2.19. The third-order valence-corrected chi connectivity index (χ3v) is 6.49. The van der Waals surface area contributed by atoms with Crippen LogP contribution in [0, 0.1) is 0 Å². The molecular formula is C23H25N7OS. The second-order valence-corrected chi connectivity index (χ2v) is 9.09. The van der Waals surface area contributed by atoms with Crippen molar-refractivity contribution in [3.8, 4) is 0 Å². The van der Waals surface area contributed by atoms with E-state index >= 15 is 0 Å². The lowest BCUT2D eigenvalue weighted by molar-refractivity contribution is -0.131. The van der Waals surface area contributed by atoms with Crippen LogP contribution in [0.4, 0.5) is 11.5 Å². The minimum Gasteiger partial charge on any atom is -0.340 e. The molecule has 5 rings (SSSR count). The van der Waals surface area contributed by atoms with E-state index in [0.717, 1.165) is 58.0 Å². The summed E-state index contributed by atoms with van der Waals surface area (Å²) < 4.78 is 1.13. The molecule has 4 aromatic rings. The number of thiazole rings is 1. The van der Waals surface area contributed by atoms with E-state index in [0.29, 0.717) is 13.0 Å². The smallest absolute Gasteiger partial charge is 0.224 e.